The van der Waals surface area contributed by atoms with Crippen molar-refractivity contribution in [1.82, 2.24) is 4.98 Å². The van der Waals surface area contributed by atoms with Crippen LogP contribution in [0.15, 0.2) is 28.9 Å². The highest BCUT2D eigenvalue weighted by Gasteiger charge is 2.02. The first kappa shape index (κ1) is 8.51. The summed E-state index contributed by atoms with van der Waals surface area (Å²) in [6.07, 6.45) is 1.46. The number of aromatic nitrogens is 1. The van der Waals surface area contributed by atoms with Gasteiger partial charge in [-0.3, -0.25) is 4.98 Å². The van der Waals surface area contributed by atoms with Crippen LogP contribution in [0.4, 0.5) is 0 Å². The van der Waals surface area contributed by atoms with E-state index in [1.165, 1.54) is 6.20 Å². The van der Waals surface area contributed by atoms with E-state index in [0.29, 0.717) is 0 Å². The molecule has 0 radical (unpaired) electrons. The van der Waals surface area contributed by atoms with E-state index < -0.39 is 0 Å². The summed E-state index contributed by atoms with van der Waals surface area (Å²) in [7, 11) is 0. The van der Waals surface area contributed by atoms with Gasteiger partial charge in [-0.1, -0.05) is 22.0 Å². The lowest BCUT2D eigenvalue weighted by atomic mass is 10.1. The zero-order chi connectivity index (χ0) is 9.42. The summed E-state index contributed by atoms with van der Waals surface area (Å²) in [6, 6.07) is 5.60. The number of hydrogen-bond donors (Lipinski definition) is 1. The lowest BCUT2D eigenvalue weighted by molar-refractivity contribution is 0.474. The standard InChI is InChI=1S/C10H8BrNO/c1-6-9(11)3-2-7-4-8(13)5-12-10(6)7/h2-5,13H,1H3. The second kappa shape index (κ2) is 3.00. The highest BCUT2D eigenvalue weighted by atomic mass is 79.9. The molecule has 0 saturated carbocycles. The van der Waals surface area contributed by atoms with Crippen molar-refractivity contribution in [3.8, 4) is 5.75 Å². The molecule has 0 aliphatic rings. The second-order valence-corrected chi connectivity index (χ2v) is 3.79. The molecule has 0 unspecified atom stereocenters. The van der Waals surface area contributed by atoms with Crippen LogP contribution in [0.1, 0.15) is 5.56 Å². The normalized spacial score (nSPS) is 10.6. The van der Waals surface area contributed by atoms with Gasteiger partial charge < -0.3 is 5.11 Å². The Morgan fingerprint density at radius 1 is 1.38 bits per heavy atom. The molecule has 0 bridgehead atoms. The van der Waals surface area contributed by atoms with E-state index >= 15 is 0 Å². The maximum absolute atomic E-state index is 9.22. The Morgan fingerprint density at radius 3 is 2.92 bits per heavy atom. The summed E-state index contributed by atoms with van der Waals surface area (Å²) in [5, 5.41) is 10.2. The number of aryl methyl sites for hydroxylation is 1. The molecule has 2 nitrogen and oxygen atoms in total. The maximum Gasteiger partial charge on any atom is 0.134 e. The summed E-state index contributed by atoms with van der Waals surface area (Å²) in [4.78, 5) is 4.16. The number of hydrogen-bond acceptors (Lipinski definition) is 2. The van der Waals surface area contributed by atoms with Gasteiger partial charge in [-0.05, 0) is 24.6 Å². The number of pyridine rings is 1. The van der Waals surface area contributed by atoms with E-state index in [0.717, 1.165) is 20.9 Å². The van der Waals surface area contributed by atoms with Crippen LogP contribution >= 0.6 is 15.9 Å². The average molecular weight is 238 g/mol. The van der Waals surface area contributed by atoms with E-state index in [-0.39, 0.29) is 5.75 Å². The summed E-state index contributed by atoms with van der Waals surface area (Å²) >= 11 is 3.43. The van der Waals surface area contributed by atoms with Gasteiger partial charge in [-0.25, -0.2) is 0 Å². The van der Waals surface area contributed by atoms with E-state index in [9.17, 15) is 5.11 Å². The van der Waals surface area contributed by atoms with Gasteiger partial charge >= 0.3 is 0 Å². The predicted molar refractivity (Wildman–Crippen MR) is 55.8 cm³/mol. The lowest BCUT2D eigenvalue weighted by Crippen LogP contribution is -1.83. The van der Waals surface area contributed by atoms with Crippen LogP contribution in [0.3, 0.4) is 0 Å². The molecule has 0 fully saturated rings. The molecule has 1 N–H and O–H groups in total. The molecule has 1 heterocycles. The van der Waals surface area contributed by atoms with Crippen LogP contribution in [0.5, 0.6) is 5.75 Å². The number of benzene rings is 1. The zero-order valence-corrected chi connectivity index (χ0v) is 8.67. The maximum atomic E-state index is 9.22. The van der Waals surface area contributed by atoms with Gasteiger partial charge in [0.25, 0.3) is 0 Å². The lowest BCUT2D eigenvalue weighted by Gasteiger charge is -2.03. The zero-order valence-electron chi connectivity index (χ0n) is 7.08. The van der Waals surface area contributed by atoms with Crippen molar-refractivity contribution in [2.75, 3.05) is 0 Å². The summed E-state index contributed by atoms with van der Waals surface area (Å²) in [5.74, 6) is 0.203. The third-order valence-electron chi connectivity index (χ3n) is 2.03. The van der Waals surface area contributed by atoms with Crippen molar-refractivity contribution in [2.24, 2.45) is 0 Å². The van der Waals surface area contributed by atoms with Crippen molar-refractivity contribution in [3.63, 3.8) is 0 Å². The first-order valence-corrected chi connectivity index (χ1v) is 4.71. The molecular formula is C10H8BrNO. The van der Waals surface area contributed by atoms with Crippen LogP contribution in [0.2, 0.25) is 0 Å². The van der Waals surface area contributed by atoms with E-state index in [4.69, 9.17) is 0 Å². The van der Waals surface area contributed by atoms with Crippen LogP contribution in [-0.2, 0) is 0 Å². The van der Waals surface area contributed by atoms with Gasteiger partial charge in [0.15, 0.2) is 0 Å². The third-order valence-corrected chi connectivity index (χ3v) is 2.88. The third kappa shape index (κ3) is 1.40. The fourth-order valence-electron chi connectivity index (χ4n) is 1.31. The fourth-order valence-corrected chi connectivity index (χ4v) is 1.63. The number of rotatable bonds is 0. The van der Waals surface area contributed by atoms with Gasteiger partial charge in [-0.15, -0.1) is 0 Å². The van der Waals surface area contributed by atoms with Gasteiger partial charge in [0.1, 0.15) is 5.75 Å². The Labute approximate surface area is 84.4 Å². The number of halogens is 1. The van der Waals surface area contributed by atoms with Crippen molar-refractivity contribution >= 4 is 26.8 Å². The molecule has 0 atom stereocenters. The highest BCUT2D eigenvalue weighted by Crippen LogP contribution is 2.25. The topological polar surface area (TPSA) is 33.1 Å². The van der Waals surface area contributed by atoms with Crippen molar-refractivity contribution < 1.29 is 5.11 Å². The molecule has 0 spiro atoms. The Balaban J connectivity index is 2.87. The Morgan fingerprint density at radius 2 is 2.15 bits per heavy atom. The molecule has 0 aliphatic heterocycles. The van der Waals surface area contributed by atoms with E-state index in [1.807, 2.05) is 19.1 Å². The molecule has 0 aliphatic carbocycles. The average Bonchev–Trinajstić information content (AvgIpc) is 2.12. The molecule has 0 saturated heterocycles. The predicted octanol–water partition coefficient (Wildman–Crippen LogP) is 3.01. The first-order chi connectivity index (χ1) is 6.18. The largest absolute Gasteiger partial charge is 0.506 e. The molecule has 13 heavy (non-hydrogen) atoms. The minimum atomic E-state index is 0.203. The van der Waals surface area contributed by atoms with Gasteiger partial charge in [0.05, 0.1) is 11.7 Å². The van der Waals surface area contributed by atoms with Crippen molar-refractivity contribution in [1.29, 1.82) is 0 Å². The van der Waals surface area contributed by atoms with Gasteiger partial charge in [-0.2, -0.15) is 0 Å². The quantitative estimate of drug-likeness (QED) is 0.765. The van der Waals surface area contributed by atoms with Gasteiger partial charge in [0, 0.05) is 9.86 Å². The molecule has 2 aromatic rings. The van der Waals surface area contributed by atoms with Gasteiger partial charge in [0.2, 0.25) is 0 Å². The first-order valence-electron chi connectivity index (χ1n) is 3.92. The molecule has 2 rings (SSSR count). The second-order valence-electron chi connectivity index (χ2n) is 2.94. The summed E-state index contributed by atoms with van der Waals surface area (Å²) < 4.78 is 1.04. The molecule has 66 valence electrons. The Kier molecular flexibility index (Phi) is 1.96. The molecular weight excluding hydrogens is 230 g/mol. The van der Waals surface area contributed by atoms with Crippen molar-refractivity contribution in [2.45, 2.75) is 6.92 Å². The molecule has 1 aromatic carbocycles. The molecule has 0 amide bonds. The number of nitrogens with zero attached hydrogens (tertiary/aromatic N) is 1. The number of aromatic hydroxyl groups is 1. The van der Waals surface area contributed by atoms with Crippen LogP contribution < -0.4 is 0 Å². The van der Waals surface area contributed by atoms with Crippen LogP contribution in [0, 0.1) is 6.92 Å². The summed E-state index contributed by atoms with van der Waals surface area (Å²) in [5.41, 5.74) is 2.02. The van der Waals surface area contributed by atoms with E-state index in [1.54, 1.807) is 6.07 Å². The monoisotopic (exact) mass is 237 g/mol. The fraction of sp³-hybridized carbons (Fsp3) is 0.100. The number of fused-ring (bicyclic) bond motifs is 1. The minimum Gasteiger partial charge on any atom is -0.506 e. The smallest absolute Gasteiger partial charge is 0.134 e. The minimum absolute atomic E-state index is 0.203. The van der Waals surface area contributed by atoms with Crippen LogP contribution in [-0.4, -0.2) is 10.1 Å². The Bertz CT molecular complexity index is 468. The van der Waals surface area contributed by atoms with Crippen LogP contribution in [0.25, 0.3) is 10.9 Å². The van der Waals surface area contributed by atoms with E-state index in [2.05, 4.69) is 20.9 Å². The van der Waals surface area contributed by atoms with Crippen molar-refractivity contribution in [3.05, 3.63) is 34.4 Å². The molecule has 3 heteroatoms. The highest BCUT2D eigenvalue weighted by molar-refractivity contribution is 9.10. The SMILES string of the molecule is Cc1c(Br)ccc2cc(O)cnc12. The molecule has 1 aromatic heterocycles. The Hall–Kier alpha value is -1.09. The summed E-state index contributed by atoms with van der Waals surface area (Å²) in [6.45, 7) is 2.00.